The molecule has 1 unspecified atom stereocenters. The molecule has 0 amide bonds. The van der Waals surface area contributed by atoms with Crippen LogP contribution in [0.25, 0.3) is 0 Å². The van der Waals surface area contributed by atoms with Crippen molar-refractivity contribution < 1.29 is 23.6 Å². The molecule has 1 atom stereocenters. The van der Waals surface area contributed by atoms with Crippen molar-refractivity contribution in [2.45, 2.75) is 34.6 Å². The Morgan fingerprint density at radius 3 is 1.48 bits per heavy atom. The monoisotopic (exact) mass is 464 g/mol. The Morgan fingerprint density at radius 1 is 0.606 bits per heavy atom. The van der Waals surface area contributed by atoms with E-state index in [1.165, 1.54) is 14.2 Å². The van der Waals surface area contributed by atoms with Gasteiger partial charge in [0.15, 0.2) is 0 Å². The van der Waals surface area contributed by atoms with Crippen LogP contribution in [0.5, 0.6) is 11.5 Å². The Hall–Kier alpha value is -3.17. The second kappa shape index (κ2) is 9.36. The third-order valence-electron chi connectivity index (χ3n) is 6.55. The second-order valence-electron chi connectivity index (χ2n) is 8.09. The normalized spacial score (nSPS) is 12.7. The second-order valence-corrected chi connectivity index (χ2v) is 10.6. The number of methoxy groups -OCH3 is 2. The van der Waals surface area contributed by atoms with Crippen LogP contribution < -0.4 is 14.8 Å². The molecule has 3 aromatic rings. The fourth-order valence-corrected chi connectivity index (χ4v) is 6.59. The molecule has 3 aromatic carbocycles. The summed E-state index contributed by atoms with van der Waals surface area (Å²) in [4.78, 5) is 28.2. The van der Waals surface area contributed by atoms with E-state index in [-0.39, 0.29) is 22.4 Å². The van der Waals surface area contributed by atoms with Crippen molar-refractivity contribution in [2.75, 3.05) is 14.2 Å². The zero-order valence-electron chi connectivity index (χ0n) is 20.1. The molecule has 3 rings (SSSR count). The fourth-order valence-electron chi connectivity index (χ4n) is 4.16. The van der Waals surface area contributed by atoms with Crippen LogP contribution in [0.4, 0.5) is 0 Å². The van der Waals surface area contributed by atoms with Crippen LogP contribution in [-0.2, 0) is 4.57 Å². The molecule has 172 valence electrons. The Kier molecular flexibility index (Phi) is 6.94. The molecule has 0 aliphatic rings. The Labute approximate surface area is 195 Å². The van der Waals surface area contributed by atoms with Crippen LogP contribution in [0.3, 0.4) is 0 Å². The van der Waals surface area contributed by atoms with Gasteiger partial charge in [0.1, 0.15) is 17.1 Å². The van der Waals surface area contributed by atoms with Gasteiger partial charge in [0.05, 0.1) is 14.2 Å². The molecule has 0 saturated heterocycles. The van der Waals surface area contributed by atoms with Gasteiger partial charge in [-0.05, 0) is 74.6 Å². The van der Waals surface area contributed by atoms with E-state index >= 15 is 0 Å². The molecule has 6 heteroatoms. The molecule has 5 nitrogen and oxygen atoms in total. The van der Waals surface area contributed by atoms with E-state index in [1.807, 2.05) is 34.6 Å². The van der Waals surface area contributed by atoms with Crippen LogP contribution in [-0.4, -0.2) is 25.3 Å². The van der Waals surface area contributed by atoms with E-state index in [2.05, 4.69) is 0 Å². The maximum Gasteiger partial charge on any atom is 0.249 e. The Morgan fingerprint density at radius 2 is 1.03 bits per heavy atom. The molecule has 0 N–H and O–H groups in total. The van der Waals surface area contributed by atoms with E-state index < -0.39 is 18.2 Å². The van der Waals surface area contributed by atoms with E-state index in [0.29, 0.717) is 5.56 Å². The number of hydrogen-bond acceptors (Lipinski definition) is 5. The number of carbonyl (C=O) groups is 2. The molecule has 0 spiro atoms. The third kappa shape index (κ3) is 3.91. The van der Waals surface area contributed by atoms with Crippen molar-refractivity contribution >= 4 is 23.5 Å². The first-order chi connectivity index (χ1) is 15.6. The summed E-state index contributed by atoms with van der Waals surface area (Å²) in [6.45, 7) is 9.55. The highest BCUT2D eigenvalue weighted by atomic mass is 31.2. The summed E-state index contributed by atoms with van der Waals surface area (Å²) in [6, 6.07) is 13.1. The molecule has 33 heavy (non-hydrogen) atoms. The van der Waals surface area contributed by atoms with Gasteiger partial charge in [0, 0.05) is 10.9 Å². The predicted molar refractivity (Wildman–Crippen MR) is 132 cm³/mol. The average molecular weight is 464 g/mol. The summed E-state index contributed by atoms with van der Waals surface area (Å²) in [7, 11) is -1.49. The van der Waals surface area contributed by atoms with Crippen LogP contribution in [0.2, 0.25) is 0 Å². The largest absolute Gasteiger partial charge is 0.496 e. The minimum absolute atomic E-state index is 0.00102. The van der Waals surface area contributed by atoms with E-state index in [0.717, 1.165) is 27.8 Å². The quantitative estimate of drug-likeness (QED) is 0.406. The van der Waals surface area contributed by atoms with Crippen molar-refractivity contribution in [2.24, 2.45) is 0 Å². The first-order valence-corrected chi connectivity index (χ1v) is 12.3. The first-order valence-electron chi connectivity index (χ1n) is 10.6. The van der Waals surface area contributed by atoms with Gasteiger partial charge in [-0.3, -0.25) is 9.59 Å². The van der Waals surface area contributed by atoms with E-state index in [1.54, 1.807) is 48.5 Å². The molecular weight excluding hydrogens is 435 g/mol. The lowest BCUT2D eigenvalue weighted by Gasteiger charge is -2.23. The molecular formula is C27H29O5P. The summed E-state index contributed by atoms with van der Waals surface area (Å²) in [5.74, 6) is 0.404. The Balaban J connectivity index is 2.39. The Bertz CT molecular complexity index is 1240. The van der Waals surface area contributed by atoms with Gasteiger partial charge in [-0.1, -0.05) is 36.4 Å². The van der Waals surface area contributed by atoms with Gasteiger partial charge >= 0.3 is 0 Å². The molecule has 0 radical (unpaired) electrons. The maximum absolute atomic E-state index is 14.8. The van der Waals surface area contributed by atoms with Gasteiger partial charge in [-0.15, -0.1) is 0 Å². The lowest BCUT2D eigenvalue weighted by molar-refractivity contribution is 0.103. The molecule has 0 saturated carbocycles. The van der Waals surface area contributed by atoms with E-state index in [4.69, 9.17) is 9.47 Å². The SMILES string of the molecule is COc1cccc(OC)c1C(=O)P(=O)(C(=O)c1c(C)c(C)c(C)c(C)c1C)c1ccccc1. The van der Waals surface area contributed by atoms with Crippen molar-refractivity contribution in [3.63, 3.8) is 0 Å². The predicted octanol–water partition coefficient (Wildman–Crippen LogP) is 5.92. The van der Waals surface area contributed by atoms with Gasteiger partial charge < -0.3 is 14.0 Å². The zero-order chi connectivity index (χ0) is 24.5. The average Bonchev–Trinajstić information content (AvgIpc) is 2.85. The lowest BCUT2D eigenvalue weighted by atomic mass is 9.90. The standard InChI is InChI=1S/C27H29O5P/c1-16-17(2)19(4)24(20(5)18(16)3)26(28)33(30,21-12-9-8-10-13-21)27(29)25-22(31-6)14-11-15-23(25)32-7/h8-15H,1-7H3. The zero-order valence-corrected chi connectivity index (χ0v) is 21.0. The number of ether oxygens (including phenoxy) is 2. The number of hydrogen-bond donors (Lipinski definition) is 0. The minimum Gasteiger partial charge on any atom is -0.496 e. The summed E-state index contributed by atoms with van der Waals surface area (Å²) >= 11 is 0. The van der Waals surface area contributed by atoms with Crippen molar-refractivity contribution in [1.82, 2.24) is 0 Å². The van der Waals surface area contributed by atoms with Gasteiger partial charge in [0.25, 0.3) is 0 Å². The van der Waals surface area contributed by atoms with E-state index in [9.17, 15) is 14.2 Å². The minimum atomic E-state index is -4.32. The molecule has 0 aliphatic carbocycles. The molecule has 0 fully saturated rings. The van der Waals surface area contributed by atoms with Gasteiger partial charge in [0.2, 0.25) is 18.2 Å². The van der Waals surface area contributed by atoms with Crippen molar-refractivity contribution in [3.05, 3.63) is 87.5 Å². The van der Waals surface area contributed by atoms with Crippen LogP contribution in [0, 0.1) is 34.6 Å². The van der Waals surface area contributed by atoms with Crippen LogP contribution >= 0.6 is 7.14 Å². The number of rotatable bonds is 7. The molecule has 0 aliphatic heterocycles. The van der Waals surface area contributed by atoms with Gasteiger partial charge in [-0.25, -0.2) is 0 Å². The fraction of sp³-hybridized carbons (Fsp3) is 0.259. The van der Waals surface area contributed by atoms with Gasteiger partial charge in [-0.2, -0.15) is 0 Å². The van der Waals surface area contributed by atoms with Crippen LogP contribution in [0.1, 0.15) is 48.5 Å². The summed E-state index contributed by atoms with van der Waals surface area (Å²) < 4.78 is 25.5. The maximum atomic E-state index is 14.8. The van der Waals surface area contributed by atoms with Crippen LogP contribution in [0.15, 0.2) is 48.5 Å². The summed E-state index contributed by atoms with van der Waals surface area (Å²) in [5, 5.41) is 0.183. The molecule has 0 bridgehead atoms. The highest BCUT2D eigenvalue weighted by Crippen LogP contribution is 2.54. The number of carbonyl (C=O) groups excluding carboxylic acids is 2. The molecule has 0 aromatic heterocycles. The first kappa shape index (κ1) is 24.5. The smallest absolute Gasteiger partial charge is 0.249 e. The summed E-state index contributed by atoms with van der Waals surface area (Å²) in [6.07, 6.45) is 0. The summed E-state index contributed by atoms with van der Waals surface area (Å²) in [5.41, 5.74) is 3.30. The topological polar surface area (TPSA) is 69.7 Å². The highest BCUT2D eigenvalue weighted by Gasteiger charge is 2.46. The number of benzene rings is 3. The van der Waals surface area contributed by atoms with Crippen molar-refractivity contribution in [3.8, 4) is 11.5 Å². The molecule has 0 heterocycles. The highest BCUT2D eigenvalue weighted by molar-refractivity contribution is 8.01. The lowest BCUT2D eigenvalue weighted by Crippen LogP contribution is -2.23. The van der Waals surface area contributed by atoms with Crippen molar-refractivity contribution in [1.29, 1.82) is 0 Å². The third-order valence-corrected chi connectivity index (χ3v) is 9.16.